The molecule has 1 atom stereocenters. The van der Waals surface area contributed by atoms with E-state index < -0.39 is 11.7 Å². The molecular formula is C14H21ClO2S. The van der Waals surface area contributed by atoms with Gasteiger partial charge in [-0.3, -0.25) is 0 Å². The van der Waals surface area contributed by atoms with Crippen molar-refractivity contribution in [3.8, 4) is 0 Å². The molecule has 1 fully saturated rings. The van der Waals surface area contributed by atoms with Crippen molar-refractivity contribution in [3.05, 3.63) is 21.3 Å². The molecule has 1 N–H and O–H groups in total. The molecule has 0 radical (unpaired) electrons. The van der Waals surface area contributed by atoms with E-state index in [4.69, 9.17) is 16.3 Å². The first-order chi connectivity index (χ1) is 8.69. The lowest BCUT2D eigenvalue weighted by Gasteiger charge is -2.37. The number of hydrogen-bond acceptors (Lipinski definition) is 3. The normalized spacial score (nSPS) is 21.5. The number of halogens is 1. The van der Waals surface area contributed by atoms with Gasteiger partial charge >= 0.3 is 0 Å². The first kappa shape index (κ1) is 14.3. The molecule has 1 aromatic heterocycles. The molecule has 1 unspecified atom stereocenters. The van der Waals surface area contributed by atoms with Gasteiger partial charge in [0.1, 0.15) is 6.10 Å². The standard InChI is InChI=1S/C14H21ClO2S/c1-2-17-14(8-5-3-4-6-9-14)13(16)12-11(15)7-10-18-12/h7,10,13,16H,2-6,8-9H2,1H3. The summed E-state index contributed by atoms with van der Waals surface area (Å²) in [5, 5.41) is 13.3. The van der Waals surface area contributed by atoms with Gasteiger partial charge in [0.25, 0.3) is 0 Å². The van der Waals surface area contributed by atoms with Gasteiger partial charge in [0.2, 0.25) is 0 Å². The largest absolute Gasteiger partial charge is 0.384 e. The summed E-state index contributed by atoms with van der Waals surface area (Å²) < 4.78 is 5.99. The fourth-order valence-corrected chi connectivity index (χ4v) is 4.10. The number of aliphatic hydroxyl groups excluding tert-OH is 1. The molecule has 0 aliphatic heterocycles. The molecule has 0 amide bonds. The van der Waals surface area contributed by atoms with Crippen molar-refractivity contribution in [2.45, 2.75) is 57.2 Å². The maximum atomic E-state index is 10.7. The molecule has 0 saturated heterocycles. The van der Waals surface area contributed by atoms with Crippen LogP contribution in [0.2, 0.25) is 5.02 Å². The lowest BCUT2D eigenvalue weighted by molar-refractivity contribution is -0.130. The molecule has 1 heterocycles. The number of rotatable bonds is 4. The first-order valence-electron chi connectivity index (χ1n) is 6.74. The summed E-state index contributed by atoms with van der Waals surface area (Å²) >= 11 is 7.67. The summed E-state index contributed by atoms with van der Waals surface area (Å²) in [5.41, 5.74) is -0.431. The number of aliphatic hydroxyl groups is 1. The molecule has 1 saturated carbocycles. The van der Waals surface area contributed by atoms with Crippen LogP contribution in [0.15, 0.2) is 11.4 Å². The second-order valence-corrected chi connectivity index (χ2v) is 6.30. The van der Waals surface area contributed by atoms with Crippen molar-refractivity contribution in [1.82, 2.24) is 0 Å². The Kier molecular flexibility index (Phi) is 5.07. The Morgan fingerprint density at radius 1 is 1.39 bits per heavy atom. The van der Waals surface area contributed by atoms with E-state index in [2.05, 4.69) is 0 Å². The van der Waals surface area contributed by atoms with Gasteiger partial charge in [-0.05, 0) is 31.2 Å². The molecule has 18 heavy (non-hydrogen) atoms. The first-order valence-corrected chi connectivity index (χ1v) is 8.00. The second kappa shape index (κ2) is 6.38. The van der Waals surface area contributed by atoms with Crippen LogP contribution in [-0.4, -0.2) is 17.3 Å². The Morgan fingerprint density at radius 2 is 2.06 bits per heavy atom. The highest BCUT2D eigenvalue weighted by atomic mass is 35.5. The fraction of sp³-hybridized carbons (Fsp3) is 0.714. The Balaban J connectivity index is 2.25. The van der Waals surface area contributed by atoms with Gasteiger partial charge in [0, 0.05) is 6.61 Å². The zero-order valence-electron chi connectivity index (χ0n) is 10.8. The van der Waals surface area contributed by atoms with Gasteiger partial charge in [0.15, 0.2) is 0 Å². The van der Waals surface area contributed by atoms with E-state index in [1.165, 1.54) is 24.2 Å². The maximum absolute atomic E-state index is 10.7. The molecular weight excluding hydrogens is 268 g/mol. The van der Waals surface area contributed by atoms with Crippen molar-refractivity contribution in [2.75, 3.05) is 6.61 Å². The summed E-state index contributed by atoms with van der Waals surface area (Å²) in [6.45, 7) is 2.63. The summed E-state index contributed by atoms with van der Waals surface area (Å²) in [6, 6.07) is 1.85. The molecule has 102 valence electrons. The Morgan fingerprint density at radius 3 is 2.56 bits per heavy atom. The van der Waals surface area contributed by atoms with Crippen molar-refractivity contribution in [3.63, 3.8) is 0 Å². The van der Waals surface area contributed by atoms with Gasteiger partial charge in [-0.1, -0.05) is 37.3 Å². The third-order valence-corrected chi connectivity index (χ3v) is 5.18. The number of thiophene rings is 1. The van der Waals surface area contributed by atoms with Crippen LogP contribution >= 0.6 is 22.9 Å². The van der Waals surface area contributed by atoms with E-state index >= 15 is 0 Å². The van der Waals surface area contributed by atoms with Crippen LogP contribution in [0.5, 0.6) is 0 Å². The number of hydrogen-bond donors (Lipinski definition) is 1. The van der Waals surface area contributed by atoms with Crippen molar-refractivity contribution in [1.29, 1.82) is 0 Å². The summed E-state index contributed by atoms with van der Waals surface area (Å²) in [7, 11) is 0. The third-order valence-electron chi connectivity index (χ3n) is 3.77. The summed E-state index contributed by atoms with van der Waals surface area (Å²) in [4.78, 5) is 0.854. The minimum absolute atomic E-state index is 0.431. The zero-order valence-corrected chi connectivity index (χ0v) is 12.4. The topological polar surface area (TPSA) is 29.5 Å². The van der Waals surface area contributed by atoms with Crippen LogP contribution < -0.4 is 0 Å². The Labute approximate surface area is 118 Å². The van der Waals surface area contributed by atoms with E-state index in [0.29, 0.717) is 11.6 Å². The average molecular weight is 289 g/mol. The second-order valence-electron chi connectivity index (χ2n) is 4.95. The fourth-order valence-electron chi connectivity index (χ4n) is 2.85. The Hall–Kier alpha value is -0.0900. The van der Waals surface area contributed by atoms with E-state index in [0.717, 1.165) is 30.6 Å². The van der Waals surface area contributed by atoms with Crippen LogP contribution in [-0.2, 0) is 4.74 Å². The molecule has 1 aliphatic carbocycles. The van der Waals surface area contributed by atoms with E-state index in [1.807, 2.05) is 18.4 Å². The molecule has 4 heteroatoms. The minimum atomic E-state index is -0.594. The van der Waals surface area contributed by atoms with Gasteiger partial charge < -0.3 is 9.84 Å². The predicted octanol–water partition coefficient (Wildman–Crippen LogP) is 4.56. The third kappa shape index (κ3) is 2.90. The van der Waals surface area contributed by atoms with E-state index in [-0.39, 0.29) is 0 Å². The Bertz CT molecular complexity index is 370. The van der Waals surface area contributed by atoms with Gasteiger partial charge in [-0.2, -0.15) is 0 Å². The quantitative estimate of drug-likeness (QED) is 0.823. The van der Waals surface area contributed by atoms with E-state index in [1.54, 1.807) is 0 Å². The lowest BCUT2D eigenvalue weighted by Crippen LogP contribution is -2.39. The van der Waals surface area contributed by atoms with Crippen molar-refractivity contribution < 1.29 is 9.84 Å². The molecule has 0 spiro atoms. The average Bonchev–Trinajstić information content (AvgIpc) is 2.64. The predicted molar refractivity (Wildman–Crippen MR) is 76.3 cm³/mol. The van der Waals surface area contributed by atoms with E-state index in [9.17, 15) is 5.11 Å². The highest BCUT2D eigenvalue weighted by Gasteiger charge is 2.41. The molecule has 0 aromatic carbocycles. The zero-order chi connectivity index (χ0) is 13.0. The minimum Gasteiger partial charge on any atom is -0.384 e. The lowest BCUT2D eigenvalue weighted by atomic mass is 9.87. The number of ether oxygens (including phenoxy) is 1. The molecule has 2 rings (SSSR count). The van der Waals surface area contributed by atoms with Crippen LogP contribution in [0.4, 0.5) is 0 Å². The SMILES string of the molecule is CCOC1(C(O)c2sccc2Cl)CCCCCC1. The van der Waals surface area contributed by atoms with Crippen molar-refractivity contribution in [2.24, 2.45) is 0 Å². The molecule has 0 bridgehead atoms. The highest BCUT2D eigenvalue weighted by molar-refractivity contribution is 7.10. The molecule has 2 nitrogen and oxygen atoms in total. The van der Waals surface area contributed by atoms with Crippen LogP contribution in [0.25, 0.3) is 0 Å². The maximum Gasteiger partial charge on any atom is 0.118 e. The van der Waals surface area contributed by atoms with Crippen molar-refractivity contribution >= 4 is 22.9 Å². The van der Waals surface area contributed by atoms with Gasteiger partial charge in [0.05, 0.1) is 15.5 Å². The van der Waals surface area contributed by atoms with Crippen LogP contribution in [0.3, 0.4) is 0 Å². The molecule has 1 aromatic rings. The van der Waals surface area contributed by atoms with Crippen LogP contribution in [0.1, 0.15) is 56.4 Å². The molecule has 1 aliphatic rings. The van der Waals surface area contributed by atoms with Gasteiger partial charge in [-0.25, -0.2) is 0 Å². The van der Waals surface area contributed by atoms with Crippen LogP contribution in [0, 0.1) is 0 Å². The monoisotopic (exact) mass is 288 g/mol. The highest BCUT2D eigenvalue weighted by Crippen LogP contribution is 2.44. The van der Waals surface area contributed by atoms with Gasteiger partial charge in [-0.15, -0.1) is 11.3 Å². The summed E-state index contributed by atoms with van der Waals surface area (Å²) in [5.74, 6) is 0. The smallest absolute Gasteiger partial charge is 0.118 e. The summed E-state index contributed by atoms with van der Waals surface area (Å²) in [6.07, 6.45) is 5.98.